The number of nitro groups is 1. The number of carbonyl (C=O) groups excluding carboxylic acids is 1. The summed E-state index contributed by atoms with van der Waals surface area (Å²) in [5.41, 5.74) is 0.514. The number of amides is 1. The van der Waals surface area contributed by atoms with Crippen LogP contribution in [0.2, 0.25) is 0 Å². The quantitative estimate of drug-likeness (QED) is 0.354. The van der Waals surface area contributed by atoms with Gasteiger partial charge in [0.1, 0.15) is 5.69 Å². The molecule has 6 heteroatoms. The lowest BCUT2D eigenvalue weighted by atomic mass is 10.1. The molecule has 0 aliphatic rings. The van der Waals surface area contributed by atoms with Crippen LogP contribution in [-0.4, -0.2) is 24.4 Å². The molecule has 2 N–H and O–H groups in total. The summed E-state index contributed by atoms with van der Waals surface area (Å²) >= 11 is 0. The Hall–Kier alpha value is -2.55. The molecular weight excluding hydrogens is 246 g/mol. The monoisotopic (exact) mass is 261 g/mol. The fourth-order valence-corrected chi connectivity index (χ4v) is 1.53. The first kappa shape index (κ1) is 14.5. The largest absolute Gasteiger partial charge is 0.379 e. The topological polar surface area (TPSA) is 84.3 Å². The number of benzene rings is 1. The number of nitrogens with one attached hydrogen (secondary N) is 2. The highest BCUT2D eigenvalue weighted by Crippen LogP contribution is 2.25. The zero-order valence-electron chi connectivity index (χ0n) is 10.6. The molecule has 0 saturated heterocycles. The number of nitro benzene ring substituents is 1. The highest BCUT2D eigenvalue weighted by Gasteiger charge is 2.16. The summed E-state index contributed by atoms with van der Waals surface area (Å²) in [6, 6.07) is 4.32. The molecule has 0 fully saturated rings. The maximum atomic E-state index is 11.4. The molecule has 100 valence electrons. The van der Waals surface area contributed by atoms with Gasteiger partial charge in [0.05, 0.1) is 4.92 Å². The number of anilines is 1. The molecular formula is C13H15N3O3. The van der Waals surface area contributed by atoms with Crippen molar-refractivity contribution in [3.8, 4) is 12.3 Å². The molecule has 1 aromatic rings. The molecule has 6 nitrogen and oxygen atoms in total. The second-order valence-corrected chi connectivity index (χ2v) is 3.80. The molecule has 0 bridgehead atoms. The van der Waals surface area contributed by atoms with Crippen LogP contribution in [0.4, 0.5) is 11.4 Å². The third kappa shape index (κ3) is 4.00. The van der Waals surface area contributed by atoms with Crippen LogP contribution in [0.3, 0.4) is 0 Å². The van der Waals surface area contributed by atoms with Crippen LogP contribution in [-0.2, 0) is 0 Å². The van der Waals surface area contributed by atoms with E-state index in [0.717, 1.165) is 6.42 Å². The van der Waals surface area contributed by atoms with E-state index >= 15 is 0 Å². The number of unbranched alkanes of at least 4 members (excludes halogenated alkanes) is 1. The van der Waals surface area contributed by atoms with Gasteiger partial charge in [0, 0.05) is 31.6 Å². The second-order valence-electron chi connectivity index (χ2n) is 3.80. The van der Waals surface area contributed by atoms with E-state index in [2.05, 4.69) is 16.6 Å². The first-order chi connectivity index (χ1) is 9.10. The Labute approximate surface area is 111 Å². The standard InChI is InChI=1S/C13H15N3O3/c1-3-4-5-8-15-11-7-6-10(13(17)14-2)9-12(11)16(18)19/h1,6-7,9,15H,4-5,8H2,2H3,(H,14,17). The zero-order valence-corrected chi connectivity index (χ0v) is 10.6. The number of hydrogen-bond donors (Lipinski definition) is 2. The summed E-state index contributed by atoms with van der Waals surface area (Å²) in [5, 5.41) is 16.3. The van der Waals surface area contributed by atoms with E-state index in [0.29, 0.717) is 18.7 Å². The van der Waals surface area contributed by atoms with Crippen molar-refractivity contribution in [1.29, 1.82) is 0 Å². The van der Waals surface area contributed by atoms with E-state index in [1.165, 1.54) is 25.2 Å². The molecule has 0 heterocycles. The maximum Gasteiger partial charge on any atom is 0.293 e. The molecule has 19 heavy (non-hydrogen) atoms. The van der Waals surface area contributed by atoms with Crippen molar-refractivity contribution < 1.29 is 9.72 Å². The van der Waals surface area contributed by atoms with Crippen molar-refractivity contribution in [1.82, 2.24) is 5.32 Å². The highest BCUT2D eigenvalue weighted by molar-refractivity contribution is 5.95. The molecule has 0 aliphatic carbocycles. The Balaban J connectivity index is 2.89. The van der Waals surface area contributed by atoms with Crippen molar-refractivity contribution in [2.75, 3.05) is 18.9 Å². The summed E-state index contributed by atoms with van der Waals surface area (Å²) < 4.78 is 0. The van der Waals surface area contributed by atoms with Gasteiger partial charge in [-0.3, -0.25) is 14.9 Å². The fraction of sp³-hybridized carbons (Fsp3) is 0.308. The van der Waals surface area contributed by atoms with Gasteiger partial charge >= 0.3 is 0 Å². The van der Waals surface area contributed by atoms with E-state index in [4.69, 9.17) is 6.42 Å². The van der Waals surface area contributed by atoms with E-state index in [1.807, 2.05) is 0 Å². The summed E-state index contributed by atoms with van der Waals surface area (Å²) in [4.78, 5) is 21.9. The number of nitrogens with zero attached hydrogens (tertiary/aromatic N) is 1. The first-order valence-electron chi connectivity index (χ1n) is 5.78. The summed E-state index contributed by atoms with van der Waals surface area (Å²) in [6.45, 7) is 0.546. The molecule has 0 aliphatic heterocycles. The lowest BCUT2D eigenvalue weighted by molar-refractivity contribution is -0.384. The van der Waals surface area contributed by atoms with Gasteiger partial charge in [0.15, 0.2) is 0 Å². The van der Waals surface area contributed by atoms with E-state index in [-0.39, 0.29) is 17.2 Å². The lowest BCUT2D eigenvalue weighted by Gasteiger charge is -2.07. The Morgan fingerprint density at radius 1 is 1.53 bits per heavy atom. The van der Waals surface area contributed by atoms with Crippen molar-refractivity contribution >= 4 is 17.3 Å². The van der Waals surface area contributed by atoms with Gasteiger partial charge in [-0.25, -0.2) is 0 Å². The first-order valence-corrected chi connectivity index (χ1v) is 5.78. The Bertz CT molecular complexity index is 520. The lowest BCUT2D eigenvalue weighted by Crippen LogP contribution is -2.18. The minimum atomic E-state index is -0.518. The van der Waals surface area contributed by atoms with Crippen LogP contribution in [0.15, 0.2) is 18.2 Å². The predicted molar refractivity (Wildman–Crippen MR) is 73.0 cm³/mol. The van der Waals surface area contributed by atoms with Crippen LogP contribution in [0.1, 0.15) is 23.2 Å². The number of rotatable bonds is 6. The summed E-state index contributed by atoms with van der Waals surface area (Å²) in [7, 11) is 1.47. The summed E-state index contributed by atoms with van der Waals surface area (Å²) in [5.74, 6) is 2.14. The number of terminal acetylenes is 1. The second kappa shape index (κ2) is 7.01. The Morgan fingerprint density at radius 3 is 2.84 bits per heavy atom. The molecule has 1 aromatic carbocycles. The third-order valence-electron chi connectivity index (χ3n) is 2.50. The average Bonchev–Trinajstić information content (AvgIpc) is 2.42. The van der Waals surface area contributed by atoms with Crippen LogP contribution in [0.25, 0.3) is 0 Å². The van der Waals surface area contributed by atoms with E-state index in [9.17, 15) is 14.9 Å². The maximum absolute atomic E-state index is 11.4. The van der Waals surface area contributed by atoms with Crippen molar-refractivity contribution in [3.63, 3.8) is 0 Å². The number of hydrogen-bond acceptors (Lipinski definition) is 4. The third-order valence-corrected chi connectivity index (χ3v) is 2.50. The normalized spacial score (nSPS) is 9.47. The van der Waals surface area contributed by atoms with Crippen LogP contribution >= 0.6 is 0 Å². The minimum absolute atomic E-state index is 0.123. The van der Waals surface area contributed by atoms with Gasteiger partial charge in [-0.2, -0.15) is 0 Å². The highest BCUT2D eigenvalue weighted by atomic mass is 16.6. The summed E-state index contributed by atoms with van der Waals surface area (Å²) in [6.07, 6.45) is 6.46. The minimum Gasteiger partial charge on any atom is -0.379 e. The van der Waals surface area contributed by atoms with E-state index < -0.39 is 4.92 Å². The SMILES string of the molecule is C#CCCCNc1ccc(C(=O)NC)cc1[N+](=O)[O-]. The Kier molecular flexibility index (Phi) is 5.35. The van der Waals surface area contributed by atoms with Gasteiger partial charge in [-0.1, -0.05) is 0 Å². The fourth-order valence-electron chi connectivity index (χ4n) is 1.53. The Morgan fingerprint density at radius 2 is 2.26 bits per heavy atom. The average molecular weight is 261 g/mol. The van der Waals surface area contributed by atoms with Gasteiger partial charge < -0.3 is 10.6 Å². The van der Waals surface area contributed by atoms with Gasteiger partial charge in [-0.05, 0) is 18.6 Å². The van der Waals surface area contributed by atoms with Gasteiger partial charge in [0.25, 0.3) is 11.6 Å². The van der Waals surface area contributed by atoms with Crippen molar-refractivity contribution in [2.45, 2.75) is 12.8 Å². The van der Waals surface area contributed by atoms with E-state index in [1.54, 1.807) is 0 Å². The smallest absolute Gasteiger partial charge is 0.293 e. The molecule has 0 atom stereocenters. The predicted octanol–water partition coefficient (Wildman–Crippen LogP) is 1.78. The zero-order chi connectivity index (χ0) is 14.3. The molecule has 0 saturated carbocycles. The molecule has 1 amide bonds. The van der Waals surface area contributed by atoms with Gasteiger partial charge in [0.2, 0.25) is 0 Å². The molecule has 0 aromatic heterocycles. The number of carbonyl (C=O) groups is 1. The molecule has 1 rings (SSSR count). The van der Waals surface area contributed by atoms with Gasteiger partial charge in [-0.15, -0.1) is 12.3 Å². The van der Waals surface area contributed by atoms with Crippen LogP contribution < -0.4 is 10.6 Å². The van der Waals surface area contributed by atoms with Crippen LogP contribution in [0.5, 0.6) is 0 Å². The van der Waals surface area contributed by atoms with Crippen LogP contribution in [0, 0.1) is 22.5 Å². The molecule has 0 spiro atoms. The van der Waals surface area contributed by atoms with Crippen molar-refractivity contribution in [2.24, 2.45) is 0 Å². The van der Waals surface area contributed by atoms with Crippen molar-refractivity contribution in [3.05, 3.63) is 33.9 Å². The molecule has 0 unspecified atom stereocenters. The molecule has 0 radical (unpaired) electrons.